The van der Waals surface area contributed by atoms with Gasteiger partial charge >= 0.3 is 257 Å². The molecule has 0 aliphatic rings. The number of nitrogens with zero attached hydrogens (tertiary/aromatic N) is 3. The van der Waals surface area contributed by atoms with Crippen molar-refractivity contribution in [3.63, 3.8) is 0 Å². The van der Waals surface area contributed by atoms with Crippen LogP contribution in [-0.2, 0) is 0 Å². The van der Waals surface area contributed by atoms with E-state index in [2.05, 4.69) is 115 Å². The van der Waals surface area contributed by atoms with Gasteiger partial charge < -0.3 is 0 Å². The molecule has 0 radical (unpaired) electrons. The summed E-state index contributed by atoms with van der Waals surface area (Å²) in [6, 6.07) is 52.9. The third kappa shape index (κ3) is 4.87. The molecule has 2 heterocycles. The maximum atomic E-state index is 5.15. The Morgan fingerprint density at radius 1 is 0.419 bits per heavy atom. The molecule has 0 unspecified atom stereocenters. The van der Waals surface area contributed by atoms with Gasteiger partial charge in [-0.1, -0.05) is 0 Å². The molecule has 8 aromatic rings. The molecule has 0 fully saturated rings. The number of fused-ring (bicyclic) bond motifs is 3. The molecule has 0 aliphatic heterocycles. The summed E-state index contributed by atoms with van der Waals surface area (Å²) < 4.78 is 2.52. The molecule has 2 aromatic heterocycles. The van der Waals surface area contributed by atoms with E-state index in [9.17, 15) is 0 Å². The maximum absolute atomic E-state index is 5.15. The van der Waals surface area contributed by atoms with E-state index in [1.165, 1.54) is 36.3 Å². The normalized spacial score (nSPS) is 11.3. The van der Waals surface area contributed by atoms with Crippen molar-refractivity contribution in [3.05, 3.63) is 152 Å². The fraction of sp³-hybridized carbons (Fsp3) is 0. The van der Waals surface area contributed by atoms with Crippen LogP contribution in [0.2, 0.25) is 0 Å². The molecular formula is C39H25N3Se. The Bertz CT molecular complexity index is 2170. The molecule has 0 N–H and O–H groups in total. The van der Waals surface area contributed by atoms with E-state index in [0.29, 0.717) is 0 Å². The van der Waals surface area contributed by atoms with Gasteiger partial charge in [-0.2, -0.15) is 0 Å². The van der Waals surface area contributed by atoms with Crippen molar-refractivity contribution in [3.8, 4) is 55.2 Å². The van der Waals surface area contributed by atoms with Gasteiger partial charge in [0.1, 0.15) is 0 Å². The molecule has 0 spiro atoms. The number of benzene rings is 6. The number of rotatable bonds is 5. The summed E-state index contributed by atoms with van der Waals surface area (Å²) in [6.07, 6.45) is 0. The van der Waals surface area contributed by atoms with Crippen LogP contribution in [-0.4, -0.2) is 29.5 Å². The van der Waals surface area contributed by atoms with Gasteiger partial charge in [0, 0.05) is 0 Å². The van der Waals surface area contributed by atoms with Crippen molar-refractivity contribution >= 4 is 35.1 Å². The van der Waals surface area contributed by atoms with E-state index in [4.69, 9.17) is 15.0 Å². The monoisotopic (exact) mass is 615 g/mol. The number of hydrogen-bond donors (Lipinski definition) is 0. The molecule has 43 heavy (non-hydrogen) atoms. The Kier molecular flexibility index (Phi) is 6.49. The molecule has 3 nitrogen and oxygen atoms in total. The van der Waals surface area contributed by atoms with Crippen molar-refractivity contribution < 1.29 is 0 Å². The second kappa shape index (κ2) is 10.9. The van der Waals surface area contributed by atoms with E-state index < -0.39 is 0 Å². The van der Waals surface area contributed by atoms with Crippen LogP contribution in [0.3, 0.4) is 0 Å². The van der Waals surface area contributed by atoms with Crippen molar-refractivity contribution in [1.29, 1.82) is 0 Å². The van der Waals surface area contributed by atoms with Crippen LogP contribution in [0.4, 0.5) is 0 Å². The van der Waals surface area contributed by atoms with Crippen molar-refractivity contribution in [2.24, 2.45) is 0 Å². The summed E-state index contributed by atoms with van der Waals surface area (Å²) >= 11 is 0.0944. The van der Waals surface area contributed by atoms with Crippen LogP contribution in [0.1, 0.15) is 0 Å². The van der Waals surface area contributed by atoms with E-state index in [0.717, 1.165) is 39.4 Å². The first kappa shape index (κ1) is 25.6. The zero-order valence-electron chi connectivity index (χ0n) is 23.2. The van der Waals surface area contributed by atoms with Gasteiger partial charge in [0.25, 0.3) is 0 Å². The first-order chi connectivity index (χ1) is 21.3. The van der Waals surface area contributed by atoms with Gasteiger partial charge in [-0.15, -0.1) is 0 Å². The third-order valence-corrected chi connectivity index (χ3v) is 10.1. The molecule has 0 saturated carbocycles. The van der Waals surface area contributed by atoms with Gasteiger partial charge in [0.05, 0.1) is 0 Å². The standard InChI is InChI=1S/C39H25N3Se/c1-4-12-26(13-5-1)31-18-10-11-19-33(31)39-42-34-23-21-29-24-30(20-22-32(29)37(34)43-39)36-25-35(27-14-6-2-7-15-27)40-38(41-36)28-16-8-3-9-17-28/h1-25H. The predicted octanol–water partition coefficient (Wildman–Crippen LogP) is 9.57. The molecule has 0 aliphatic carbocycles. The van der Waals surface area contributed by atoms with Crippen molar-refractivity contribution in [1.82, 2.24) is 15.0 Å². The van der Waals surface area contributed by atoms with Crippen LogP contribution in [0.15, 0.2) is 152 Å². The van der Waals surface area contributed by atoms with Crippen LogP contribution < -0.4 is 0 Å². The summed E-state index contributed by atoms with van der Waals surface area (Å²) in [5.74, 6) is 0.726. The van der Waals surface area contributed by atoms with Gasteiger partial charge in [-0.05, 0) is 0 Å². The molecule has 0 amide bonds. The molecule has 202 valence electrons. The zero-order valence-corrected chi connectivity index (χ0v) is 24.9. The summed E-state index contributed by atoms with van der Waals surface area (Å²) in [4.78, 5) is 15.1. The fourth-order valence-electron chi connectivity index (χ4n) is 5.60. The van der Waals surface area contributed by atoms with Gasteiger partial charge in [-0.3, -0.25) is 0 Å². The molecule has 4 heteroatoms. The molecule has 6 aromatic carbocycles. The summed E-state index contributed by atoms with van der Waals surface area (Å²) in [5, 5.41) is 2.46. The minimum absolute atomic E-state index is 0.0944. The molecule has 0 saturated heterocycles. The van der Waals surface area contributed by atoms with Crippen molar-refractivity contribution in [2.75, 3.05) is 0 Å². The number of hydrogen-bond acceptors (Lipinski definition) is 3. The Labute approximate surface area is 255 Å². The Morgan fingerprint density at radius 2 is 1.02 bits per heavy atom. The van der Waals surface area contributed by atoms with Gasteiger partial charge in [-0.25, -0.2) is 0 Å². The van der Waals surface area contributed by atoms with Crippen LogP contribution in [0, 0.1) is 0 Å². The van der Waals surface area contributed by atoms with Crippen LogP contribution in [0.5, 0.6) is 0 Å². The zero-order chi connectivity index (χ0) is 28.6. The third-order valence-electron chi connectivity index (χ3n) is 7.74. The minimum atomic E-state index is 0.0944. The summed E-state index contributed by atoms with van der Waals surface area (Å²) in [7, 11) is 0. The number of aromatic nitrogens is 3. The second-order valence-electron chi connectivity index (χ2n) is 10.5. The Morgan fingerprint density at radius 3 is 1.74 bits per heavy atom. The Hall–Kier alpha value is -5.15. The molecule has 0 bridgehead atoms. The SMILES string of the molecule is c1ccc(-c2cc(-c3ccc4c(ccc5nc(-c6ccccc6-c6ccccc6)[se]c54)c3)nc(-c3ccccc3)n2)cc1. The van der Waals surface area contributed by atoms with E-state index in [1.807, 2.05) is 36.4 Å². The van der Waals surface area contributed by atoms with Crippen molar-refractivity contribution in [2.45, 2.75) is 0 Å². The first-order valence-electron chi connectivity index (χ1n) is 14.3. The van der Waals surface area contributed by atoms with Gasteiger partial charge in [0.15, 0.2) is 0 Å². The van der Waals surface area contributed by atoms with E-state index >= 15 is 0 Å². The van der Waals surface area contributed by atoms with Crippen LogP contribution >= 0.6 is 0 Å². The summed E-state index contributed by atoms with van der Waals surface area (Å²) in [5.41, 5.74) is 9.73. The molecular weight excluding hydrogens is 589 g/mol. The molecule has 0 atom stereocenters. The van der Waals surface area contributed by atoms with Gasteiger partial charge in [0.2, 0.25) is 0 Å². The molecule has 8 rings (SSSR count). The average Bonchev–Trinajstić information content (AvgIpc) is 3.54. The van der Waals surface area contributed by atoms with E-state index in [1.54, 1.807) is 0 Å². The Balaban J connectivity index is 1.24. The van der Waals surface area contributed by atoms with E-state index in [-0.39, 0.29) is 14.5 Å². The van der Waals surface area contributed by atoms with Crippen LogP contribution in [0.25, 0.3) is 75.7 Å². The first-order valence-corrected chi connectivity index (χ1v) is 16.0. The topological polar surface area (TPSA) is 38.7 Å². The quantitative estimate of drug-likeness (QED) is 0.181. The summed E-state index contributed by atoms with van der Waals surface area (Å²) in [6.45, 7) is 0. The second-order valence-corrected chi connectivity index (χ2v) is 12.6. The average molecular weight is 615 g/mol. The fourth-order valence-corrected chi connectivity index (χ4v) is 7.99. The predicted molar refractivity (Wildman–Crippen MR) is 179 cm³/mol.